The highest BCUT2D eigenvalue weighted by Gasteiger charge is 2.70. The summed E-state index contributed by atoms with van der Waals surface area (Å²) in [5, 5.41) is 28.5. The number of amides is 2. The molecule has 4 aromatic carbocycles. The molecule has 0 spiro atoms. The molecule has 16 nitrogen and oxygen atoms in total. The summed E-state index contributed by atoms with van der Waals surface area (Å²) in [5.41, 5.74) is 14.0. The predicted molar refractivity (Wildman–Crippen MR) is 387 cm³/mol. The van der Waals surface area contributed by atoms with E-state index >= 15 is 8.78 Å². The van der Waals surface area contributed by atoms with Crippen LogP contribution in [0.1, 0.15) is 132 Å². The van der Waals surface area contributed by atoms with Crippen LogP contribution in [0, 0.1) is 125 Å². The molecule has 14 rings (SSSR count). The Balaban J connectivity index is 0.000000153. The van der Waals surface area contributed by atoms with Gasteiger partial charge in [0.25, 0.3) is 29.6 Å². The number of pyridine rings is 3. The van der Waals surface area contributed by atoms with Crippen LogP contribution in [0.5, 0.6) is 0 Å². The molecule has 0 radical (unpaired) electrons. The number of carbonyl (C=O) groups is 5. The van der Waals surface area contributed by atoms with E-state index in [1.807, 2.05) is 93.6 Å². The summed E-state index contributed by atoms with van der Waals surface area (Å²) >= 11 is 0. The van der Waals surface area contributed by atoms with Crippen LogP contribution in [0.25, 0.3) is 51.6 Å². The number of imide groups is 1. The van der Waals surface area contributed by atoms with Crippen LogP contribution < -0.4 is 5.73 Å². The zero-order valence-electron chi connectivity index (χ0n) is 60.4. The van der Waals surface area contributed by atoms with E-state index in [9.17, 15) is 57.3 Å². The molecule has 15 atom stereocenters. The lowest BCUT2D eigenvalue weighted by molar-refractivity contribution is -0.172. The van der Waals surface area contributed by atoms with Crippen LogP contribution >= 0.6 is 0 Å². The van der Waals surface area contributed by atoms with Gasteiger partial charge in [0.2, 0.25) is 0 Å². The molecule has 22 heteroatoms. The Morgan fingerprint density at radius 2 is 0.841 bits per heavy atom. The first kappa shape index (κ1) is 75.8. The molecule has 6 fully saturated rings. The van der Waals surface area contributed by atoms with Gasteiger partial charge in [0.1, 0.15) is 36.5 Å². The largest absolute Gasteiger partial charge is 0.462 e. The number of nitrogens with zero attached hydrogens (tertiary/aromatic N) is 7. The van der Waals surface area contributed by atoms with Crippen molar-refractivity contribution < 1.29 is 64.5 Å². The number of hydrogen-bond acceptors (Lipinski definition) is 15. The van der Waals surface area contributed by atoms with Crippen molar-refractivity contribution in [1.29, 1.82) is 15.8 Å². The molecule has 0 bridgehead atoms. The number of fused-ring (bicyclic) bond motifs is 4. The molecule has 550 valence electrons. The topological polar surface area (TPSA) is 252 Å². The first-order chi connectivity index (χ1) is 50.8. The van der Waals surface area contributed by atoms with Crippen LogP contribution in [-0.4, -0.2) is 98.7 Å². The summed E-state index contributed by atoms with van der Waals surface area (Å²) in [6.45, 7) is 14.7. The first-order valence-corrected chi connectivity index (χ1v) is 35.7. The Morgan fingerprint density at radius 1 is 0.477 bits per heavy atom. The van der Waals surface area contributed by atoms with Crippen molar-refractivity contribution >= 4 is 48.0 Å². The Hall–Kier alpha value is -10.9. The molecule has 7 aliphatic rings. The second-order valence-electron chi connectivity index (χ2n) is 29.6. The van der Waals surface area contributed by atoms with Gasteiger partial charge in [-0.3, -0.25) is 43.8 Å². The summed E-state index contributed by atoms with van der Waals surface area (Å²) in [4.78, 5) is 78.7. The number of aryl methyl sites for hydroxylation is 3. The fraction of sp³-hybridized carbons (Fsp3) is 0.376. The normalized spacial score (nSPS) is 29.1. The van der Waals surface area contributed by atoms with E-state index in [0.717, 1.165) is 55.0 Å². The third-order valence-electron chi connectivity index (χ3n) is 23.5. The van der Waals surface area contributed by atoms with Gasteiger partial charge in [-0.05, 0) is 125 Å². The van der Waals surface area contributed by atoms with Crippen molar-refractivity contribution in [1.82, 2.24) is 19.9 Å². The molecule has 3 aromatic heterocycles. The number of carbonyl (C=O) groups excluding carboxylic acids is 5. The van der Waals surface area contributed by atoms with Gasteiger partial charge < -0.3 is 19.9 Å². The van der Waals surface area contributed by atoms with Gasteiger partial charge in [0, 0.05) is 120 Å². The van der Waals surface area contributed by atoms with Crippen molar-refractivity contribution in [3.63, 3.8) is 0 Å². The van der Waals surface area contributed by atoms with E-state index < -0.39 is 150 Å². The second kappa shape index (κ2) is 29.5. The van der Waals surface area contributed by atoms with Gasteiger partial charge in [0.05, 0.1) is 61.6 Å². The van der Waals surface area contributed by atoms with E-state index in [0.29, 0.717) is 33.8 Å². The third kappa shape index (κ3) is 13.8. The maximum absolute atomic E-state index is 15.8. The number of rotatable bonds is 12. The van der Waals surface area contributed by atoms with Crippen LogP contribution in [0.2, 0.25) is 0 Å². The Kier molecular flexibility index (Phi) is 20.9. The molecule has 4 aliphatic heterocycles. The van der Waals surface area contributed by atoms with Gasteiger partial charge in [-0.1, -0.05) is 124 Å². The summed E-state index contributed by atoms with van der Waals surface area (Å²) in [6.07, 6.45) is 11.8. The molecule has 107 heavy (non-hydrogen) atoms. The van der Waals surface area contributed by atoms with Crippen molar-refractivity contribution in [3.8, 4) is 51.6 Å². The van der Waals surface area contributed by atoms with Gasteiger partial charge in [-0.15, -0.1) is 0 Å². The Labute approximate surface area is 617 Å². The van der Waals surface area contributed by atoms with Crippen LogP contribution in [0.15, 0.2) is 152 Å². The van der Waals surface area contributed by atoms with E-state index in [2.05, 4.69) is 33.2 Å². The maximum atomic E-state index is 15.8. The molecular formula is C85H80F6N8O8. The third-order valence-corrected chi connectivity index (χ3v) is 23.5. The number of nitriles is 3. The van der Waals surface area contributed by atoms with Crippen LogP contribution in [0.4, 0.5) is 26.3 Å². The zero-order valence-corrected chi connectivity index (χ0v) is 60.4. The fourth-order valence-electron chi connectivity index (χ4n) is 17.5. The number of benzene rings is 4. The smallest absolute Gasteiger partial charge is 0.314 e. The number of esters is 3. The SMILES string of the molecule is Cc1cccc(-c2ccc(/C=C/[C@@H]3[C@@H]4[C@@H](C)OC(=O)[C@@H]4CC(F)(F)[C@H]3C)nc2)c1C#N.Cc1cccc(-c2ccc(/C=C/[C@@H]3[C@@H]4[C@@H](C)OC(=O)[C@]4(CN)CC(F)(F)[C@H]3C)nc2)c1C#N.Cc1cccc(-c2ccc(/C=C/[C@@H]3[C@@H]4[C@@H](C)OC(=O)[C@]4(CN4C(=O)c5ccccc5C4=O)CC(F)(F)[C@H]3C)nc2)c1C#N. The first-order valence-electron chi connectivity index (χ1n) is 35.7. The number of alkyl halides is 6. The predicted octanol–water partition coefficient (Wildman–Crippen LogP) is 16.2. The number of hydrogen-bond donors (Lipinski definition) is 1. The van der Waals surface area contributed by atoms with E-state index in [4.69, 9.17) is 19.9 Å². The van der Waals surface area contributed by atoms with E-state index in [1.54, 1.807) is 113 Å². The standard InChI is InChI=1S/C34H29F2N3O4.C26H27F2N3O2.C25H24F2N2O2/c1-19-7-6-10-25(28(19)15-37)22-11-12-23(38-16-22)13-14-24-20(2)34(35,36)17-33(29(24)21(3)43-32(33)42)18-39-30(40)26-8-4-5-9-27(26)31(39)41;1-15-5-4-6-21(22(15)11-29)18-7-8-19(31-12-18)9-10-20-16(2)26(27,28)13-25(14-30)23(20)17(3)33-24(25)32;1-14-5-4-6-20(22(14)12-28)17-7-8-18(29-13-17)9-10-19-15(2)25(26,27)11-21-23(19)16(3)31-24(21)30/h4-14,16,20-21,24,29H,17-18H2,1-3H3;4-10,12,16-17,20,23H,13-14,30H2,1-3H3;4-10,13,15-16,19,21,23H,11H2,1-3H3/b14-13+;2*10-9+/t20-,21+,24-,29-,33-;16-,17+,20-,23-,25-;15-,16+,19-,21+,23-/m000/s1. The van der Waals surface area contributed by atoms with Crippen LogP contribution in [-0.2, 0) is 28.6 Å². The molecule has 0 unspecified atom stereocenters. The maximum Gasteiger partial charge on any atom is 0.314 e. The van der Waals surface area contributed by atoms with Crippen molar-refractivity contribution in [3.05, 3.63) is 214 Å². The van der Waals surface area contributed by atoms with Crippen molar-refractivity contribution in [2.75, 3.05) is 13.1 Å². The van der Waals surface area contributed by atoms with Gasteiger partial charge in [0.15, 0.2) is 0 Å². The number of halogens is 6. The van der Waals surface area contributed by atoms with Crippen LogP contribution in [0.3, 0.4) is 0 Å². The Morgan fingerprint density at radius 3 is 1.22 bits per heavy atom. The quantitative estimate of drug-likeness (QED) is 0.0517. The molecule has 2 N–H and O–H groups in total. The highest BCUT2D eigenvalue weighted by molar-refractivity contribution is 6.21. The number of allylic oxidation sites excluding steroid dienone is 3. The monoisotopic (exact) mass is 1450 g/mol. The summed E-state index contributed by atoms with van der Waals surface area (Å²) in [7, 11) is 0. The van der Waals surface area contributed by atoms with Gasteiger partial charge in [-0.2, -0.15) is 15.8 Å². The lowest BCUT2D eigenvalue weighted by atomic mass is 9.56. The number of ether oxygens (including phenoxy) is 3. The van der Waals surface area contributed by atoms with Crippen molar-refractivity contribution in [2.24, 2.45) is 75.7 Å². The fourth-order valence-corrected chi connectivity index (χ4v) is 17.5. The Bertz CT molecular complexity index is 4860. The molecule has 3 saturated carbocycles. The van der Waals surface area contributed by atoms with Gasteiger partial charge in [-0.25, -0.2) is 26.3 Å². The average molecular weight is 1460 g/mol. The van der Waals surface area contributed by atoms with Crippen molar-refractivity contribution in [2.45, 2.75) is 118 Å². The molecular weight excluding hydrogens is 1370 g/mol. The highest BCUT2D eigenvalue weighted by Crippen LogP contribution is 2.62. The number of nitrogens with two attached hydrogens (primary N) is 1. The lowest BCUT2D eigenvalue weighted by Gasteiger charge is -2.48. The van der Waals surface area contributed by atoms with Gasteiger partial charge >= 0.3 is 17.9 Å². The average Bonchev–Trinajstić information content (AvgIpc) is 1.58. The summed E-state index contributed by atoms with van der Waals surface area (Å²) in [6, 6.07) is 40.7. The molecule has 3 aliphatic carbocycles. The zero-order chi connectivity index (χ0) is 77.0. The highest BCUT2D eigenvalue weighted by atomic mass is 19.3. The van der Waals surface area contributed by atoms with E-state index in [1.165, 1.54) is 26.0 Å². The molecule has 7 heterocycles. The number of cyclic esters (lactones) is 3. The molecule has 2 amide bonds. The second-order valence-corrected chi connectivity index (χ2v) is 29.6. The minimum atomic E-state index is -3.27. The minimum Gasteiger partial charge on any atom is -0.462 e. The number of aromatic nitrogens is 3. The molecule has 3 saturated heterocycles. The van der Waals surface area contributed by atoms with E-state index in [-0.39, 0.29) is 29.7 Å². The minimum absolute atomic E-state index is 0.168. The molecule has 7 aromatic rings. The summed E-state index contributed by atoms with van der Waals surface area (Å²) in [5.74, 6) is -19.5. The summed E-state index contributed by atoms with van der Waals surface area (Å²) < 4.78 is 107. The lowest BCUT2D eigenvalue weighted by Crippen LogP contribution is -2.58.